The topological polar surface area (TPSA) is 69.6 Å². The average molecular weight is 339 g/mol. The van der Waals surface area contributed by atoms with E-state index < -0.39 is 29.7 Å². The molecule has 0 aromatic heterocycles. The summed E-state index contributed by atoms with van der Waals surface area (Å²) in [7, 11) is 1.41. The maximum Gasteiger partial charge on any atom is 0.416 e. The number of hydrogen-bond donors (Lipinski definition) is 2. The molecule has 0 aliphatic heterocycles. The van der Waals surface area contributed by atoms with Crippen molar-refractivity contribution in [3.8, 4) is 0 Å². The molecule has 2 N–H and O–H groups in total. The second-order valence-corrected chi connectivity index (χ2v) is 5.08. The highest BCUT2D eigenvalue weighted by Crippen LogP contribution is 2.33. The number of carbonyl (C=O) groups is 2. The molecule has 122 valence electrons. The van der Waals surface area contributed by atoms with Crippen molar-refractivity contribution in [2.75, 3.05) is 18.9 Å². The maximum atomic E-state index is 12.6. The number of carbonyl (C=O) groups excluding carboxylic acids is 1. The molecule has 1 aromatic carbocycles. The third-order valence-electron chi connectivity index (χ3n) is 2.98. The molecule has 0 saturated carbocycles. The number of rotatable bonds is 5. The van der Waals surface area contributed by atoms with Gasteiger partial charge in [0.15, 0.2) is 0 Å². The molecule has 22 heavy (non-hydrogen) atoms. The molecule has 1 unspecified atom stereocenters. The number of halogens is 4. The summed E-state index contributed by atoms with van der Waals surface area (Å²) in [5.74, 6) is -1.79. The molecule has 0 radical (unpaired) electrons. The molecule has 1 amide bonds. The molecule has 1 atom stereocenters. The van der Waals surface area contributed by atoms with Crippen molar-refractivity contribution in [1.82, 2.24) is 4.90 Å². The van der Waals surface area contributed by atoms with Crippen molar-refractivity contribution in [3.05, 3.63) is 28.8 Å². The summed E-state index contributed by atoms with van der Waals surface area (Å²) in [6.07, 6.45) is -4.56. The van der Waals surface area contributed by atoms with Crippen LogP contribution in [0, 0.1) is 0 Å². The van der Waals surface area contributed by atoms with E-state index in [1.807, 2.05) is 0 Å². The van der Waals surface area contributed by atoms with Gasteiger partial charge in [0.05, 0.1) is 22.8 Å². The zero-order valence-corrected chi connectivity index (χ0v) is 12.5. The number of aliphatic carboxylic acids is 1. The highest BCUT2D eigenvalue weighted by atomic mass is 35.5. The first-order valence-electron chi connectivity index (χ1n) is 6.12. The van der Waals surface area contributed by atoms with Crippen LogP contribution < -0.4 is 5.32 Å². The third kappa shape index (κ3) is 4.88. The van der Waals surface area contributed by atoms with Crippen LogP contribution in [-0.4, -0.2) is 41.5 Å². The Morgan fingerprint density at radius 1 is 1.41 bits per heavy atom. The number of likely N-dealkylation sites (N-methyl/N-ethyl adjacent to an activating group) is 1. The molecular formula is C13H14ClF3N2O3. The fourth-order valence-electron chi connectivity index (χ4n) is 1.54. The van der Waals surface area contributed by atoms with Gasteiger partial charge in [-0.3, -0.25) is 14.5 Å². The number of amides is 1. The van der Waals surface area contributed by atoms with Gasteiger partial charge in [0, 0.05) is 0 Å². The van der Waals surface area contributed by atoms with Gasteiger partial charge >= 0.3 is 12.1 Å². The second kappa shape index (κ2) is 6.97. The lowest BCUT2D eigenvalue weighted by Crippen LogP contribution is -2.40. The third-order valence-corrected chi connectivity index (χ3v) is 3.31. The van der Waals surface area contributed by atoms with Gasteiger partial charge in [-0.05, 0) is 32.2 Å². The molecule has 5 nitrogen and oxygen atoms in total. The number of hydrogen-bond acceptors (Lipinski definition) is 3. The van der Waals surface area contributed by atoms with E-state index in [2.05, 4.69) is 5.32 Å². The first-order valence-corrected chi connectivity index (χ1v) is 6.50. The Morgan fingerprint density at radius 3 is 2.50 bits per heavy atom. The smallest absolute Gasteiger partial charge is 0.416 e. The summed E-state index contributed by atoms with van der Waals surface area (Å²) < 4.78 is 37.8. The first-order chi connectivity index (χ1) is 10.0. The normalized spacial score (nSPS) is 13.0. The summed E-state index contributed by atoms with van der Waals surface area (Å²) in [5, 5.41) is 11.0. The van der Waals surface area contributed by atoms with E-state index in [0.29, 0.717) is 0 Å². The minimum atomic E-state index is -4.56. The molecule has 0 heterocycles. The molecule has 0 spiro atoms. The van der Waals surface area contributed by atoms with E-state index in [1.165, 1.54) is 18.9 Å². The molecule has 1 aromatic rings. The van der Waals surface area contributed by atoms with E-state index >= 15 is 0 Å². The maximum absolute atomic E-state index is 12.6. The molecule has 1 rings (SSSR count). The number of nitrogens with one attached hydrogen (secondary N) is 1. The van der Waals surface area contributed by atoms with E-state index in [4.69, 9.17) is 16.7 Å². The van der Waals surface area contributed by atoms with Crippen molar-refractivity contribution in [2.24, 2.45) is 0 Å². The lowest BCUT2D eigenvalue weighted by Gasteiger charge is -2.20. The quantitative estimate of drug-likeness (QED) is 0.866. The molecule has 0 aliphatic carbocycles. The van der Waals surface area contributed by atoms with Crippen LogP contribution in [0.2, 0.25) is 5.02 Å². The Balaban J connectivity index is 2.82. The van der Waals surface area contributed by atoms with Crippen LogP contribution in [0.25, 0.3) is 0 Å². The Labute approximate surface area is 129 Å². The second-order valence-electron chi connectivity index (χ2n) is 4.67. The van der Waals surface area contributed by atoms with Crippen molar-refractivity contribution < 1.29 is 27.9 Å². The van der Waals surface area contributed by atoms with Crippen molar-refractivity contribution >= 4 is 29.2 Å². The lowest BCUT2D eigenvalue weighted by molar-refractivity contribution is -0.142. The monoisotopic (exact) mass is 338 g/mol. The zero-order chi connectivity index (χ0) is 17.1. The number of carboxylic acid groups (broad SMARTS) is 1. The van der Waals surface area contributed by atoms with Crippen LogP contribution in [0.15, 0.2) is 18.2 Å². The molecular weight excluding hydrogens is 325 g/mol. The van der Waals surface area contributed by atoms with Crippen molar-refractivity contribution in [3.63, 3.8) is 0 Å². The molecule has 0 fully saturated rings. The fourth-order valence-corrected chi connectivity index (χ4v) is 1.70. The van der Waals surface area contributed by atoms with E-state index in [-0.39, 0.29) is 17.3 Å². The molecule has 0 saturated heterocycles. The summed E-state index contributed by atoms with van der Waals surface area (Å²) in [5.41, 5.74) is -1.13. The van der Waals surface area contributed by atoms with Gasteiger partial charge in [0.2, 0.25) is 5.91 Å². The molecule has 0 bridgehead atoms. The highest BCUT2D eigenvalue weighted by Gasteiger charge is 2.31. The van der Waals surface area contributed by atoms with Gasteiger partial charge < -0.3 is 10.4 Å². The van der Waals surface area contributed by atoms with Crippen LogP contribution >= 0.6 is 11.6 Å². The van der Waals surface area contributed by atoms with E-state index in [0.717, 1.165) is 18.2 Å². The Morgan fingerprint density at radius 2 is 2.00 bits per heavy atom. The van der Waals surface area contributed by atoms with Gasteiger partial charge in [-0.25, -0.2) is 0 Å². The Bertz CT molecular complexity index is 578. The van der Waals surface area contributed by atoms with Gasteiger partial charge in [-0.1, -0.05) is 11.6 Å². The summed E-state index contributed by atoms with van der Waals surface area (Å²) >= 11 is 5.75. The number of anilines is 1. The minimum absolute atomic E-state index is 0.0460. The summed E-state index contributed by atoms with van der Waals surface area (Å²) in [4.78, 5) is 23.8. The Kier molecular flexibility index (Phi) is 5.78. The summed E-state index contributed by atoms with van der Waals surface area (Å²) in [6, 6.07) is 1.64. The Hall–Kier alpha value is -1.80. The number of nitrogens with zero attached hydrogens (tertiary/aromatic N) is 1. The number of benzene rings is 1. The van der Waals surface area contributed by atoms with Crippen LogP contribution in [0.3, 0.4) is 0 Å². The average Bonchev–Trinajstić information content (AvgIpc) is 2.38. The van der Waals surface area contributed by atoms with Crippen LogP contribution in [0.1, 0.15) is 12.5 Å². The van der Waals surface area contributed by atoms with Crippen LogP contribution in [-0.2, 0) is 15.8 Å². The van der Waals surface area contributed by atoms with Crippen LogP contribution in [0.5, 0.6) is 0 Å². The first kappa shape index (κ1) is 18.2. The fraction of sp³-hybridized carbons (Fsp3) is 0.385. The lowest BCUT2D eigenvalue weighted by atomic mass is 10.2. The van der Waals surface area contributed by atoms with Gasteiger partial charge in [0.25, 0.3) is 0 Å². The number of carboxylic acids is 1. The standard InChI is InChI=1S/C13H14ClF3N2O3/c1-7(12(21)22)19(2)6-11(20)18-10-5-8(13(15,16)17)3-4-9(10)14/h3-5,7H,6H2,1-2H3,(H,18,20)(H,21,22). The summed E-state index contributed by atoms with van der Waals surface area (Å²) in [6.45, 7) is 1.08. The highest BCUT2D eigenvalue weighted by molar-refractivity contribution is 6.33. The molecule has 9 heteroatoms. The van der Waals surface area contributed by atoms with Gasteiger partial charge in [-0.15, -0.1) is 0 Å². The minimum Gasteiger partial charge on any atom is -0.480 e. The number of alkyl halides is 3. The molecule has 0 aliphatic rings. The SMILES string of the molecule is CC(C(=O)O)N(C)CC(=O)Nc1cc(C(F)(F)F)ccc1Cl. The van der Waals surface area contributed by atoms with Gasteiger partial charge in [0.1, 0.15) is 6.04 Å². The largest absolute Gasteiger partial charge is 0.480 e. The van der Waals surface area contributed by atoms with Crippen molar-refractivity contribution in [2.45, 2.75) is 19.1 Å². The predicted octanol–water partition coefficient (Wildman–Crippen LogP) is 2.70. The van der Waals surface area contributed by atoms with Crippen LogP contribution in [0.4, 0.5) is 18.9 Å². The van der Waals surface area contributed by atoms with Gasteiger partial charge in [-0.2, -0.15) is 13.2 Å². The zero-order valence-electron chi connectivity index (χ0n) is 11.7. The predicted molar refractivity (Wildman–Crippen MR) is 74.8 cm³/mol. The van der Waals surface area contributed by atoms with E-state index in [9.17, 15) is 22.8 Å². The van der Waals surface area contributed by atoms with E-state index in [1.54, 1.807) is 0 Å². The van der Waals surface area contributed by atoms with Crippen molar-refractivity contribution in [1.29, 1.82) is 0 Å².